The van der Waals surface area contributed by atoms with E-state index in [2.05, 4.69) is 4.99 Å². The topological polar surface area (TPSA) is 91.0 Å². The van der Waals surface area contributed by atoms with Crippen LogP contribution in [-0.2, 0) is 9.53 Å². The van der Waals surface area contributed by atoms with E-state index >= 15 is 0 Å². The highest BCUT2D eigenvalue weighted by Crippen LogP contribution is 2.24. The van der Waals surface area contributed by atoms with Gasteiger partial charge in [-0.2, -0.15) is 0 Å². The van der Waals surface area contributed by atoms with Crippen LogP contribution in [0.25, 0.3) is 6.08 Å². The summed E-state index contributed by atoms with van der Waals surface area (Å²) in [4.78, 5) is 26.8. The predicted octanol–water partition coefficient (Wildman–Crippen LogP) is 3.65. The molecule has 0 radical (unpaired) electrons. The highest BCUT2D eigenvalue weighted by Gasteiger charge is 2.24. The molecule has 0 aliphatic carbocycles. The molecule has 2 aromatic carbocycles. The van der Waals surface area contributed by atoms with E-state index < -0.39 is 10.9 Å². The molecule has 2 aromatic rings. The lowest BCUT2D eigenvalue weighted by atomic mass is 10.1. The number of nitro groups is 1. The lowest BCUT2D eigenvalue weighted by Crippen LogP contribution is -2.05. The Morgan fingerprint density at radius 2 is 1.96 bits per heavy atom. The molecule has 0 N–H and O–H groups in total. The van der Waals surface area contributed by atoms with Crippen molar-refractivity contribution in [3.05, 3.63) is 75.0 Å². The van der Waals surface area contributed by atoms with Crippen LogP contribution in [0.1, 0.15) is 23.6 Å². The van der Waals surface area contributed by atoms with Gasteiger partial charge in [0, 0.05) is 17.2 Å². The lowest BCUT2D eigenvalue weighted by Gasteiger charge is -2.03. The van der Waals surface area contributed by atoms with Crippen molar-refractivity contribution in [1.82, 2.24) is 0 Å². The number of cyclic esters (lactones) is 1. The molecule has 7 heteroatoms. The van der Waals surface area contributed by atoms with Crippen molar-refractivity contribution in [2.75, 3.05) is 6.61 Å². The smallest absolute Gasteiger partial charge is 0.363 e. The lowest BCUT2D eigenvalue weighted by molar-refractivity contribution is -0.385. The Labute approximate surface area is 149 Å². The average Bonchev–Trinajstić information content (AvgIpc) is 2.98. The molecule has 1 aliphatic heterocycles. The number of nitrogens with zero attached hydrogens (tertiary/aromatic N) is 2. The third-order valence-electron chi connectivity index (χ3n) is 3.77. The molecular weight excluding hydrogens is 336 g/mol. The molecule has 0 atom stereocenters. The van der Waals surface area contributed by atoms with Gasteiger partial charge in [0.2, 0.25) is 5.90 Å². The molecule has 26 heavy (non-hydrogen) atoms. The number of carbonyl (C=O) groups excluding carboxylic acids is 1. The Hall–Kier alpha value is -3.48. The summed E-state index contributed by atoms with van der Waals surface area (Å²) in [7, 11) is 0. The Kier molecular flexibility index (Phi) is 4.79. The van der Waals surface area contributed by atoms with Crippen LogP contribution in [0.5, 0.6) is 5.75 Å². The monoisotopic (exact) mass is 352 g/mol. The van der Waals surface area contributed by atoms with Gasteiger partial charge < -0.3 is 9.47 Å². The van der Waals surface area contributed by atoms with Crippen molar-refractivity contribution in [2.45, 2.75) is 13.8 Å². The second-order valence-electron chi connectivity index (χ2n) is 5.60. The molecule has 1 heterocycles. The van der Waals surface area contributed by atoms with Gasteiger partial charge in [0.05, 0.1) is 11.5 Å². The van der Waals surface area contributed by atoms with Crippen LogP contribution in [0.3, 0.4) is 0 Å². The van der Waals surface area contributed by atoms with Crippen LogP contribution in [0.4, 0.5) is 5.69 Å². The molecule has 7 nitrogen and oxygen atoms in total. The van der Waals surface area contributed by atoms with E-state index in [1.807, 2.05) is 6.92 Å². The zero-order chi connectivity index (χ0) is 18.7. The molecule has 0 spiro atoms. The number of benzene rings is 2. The first-order chi connectivity index (χ1) is 12.5. The predicted molar refractivity (Wildman–Crippen MR) is 96.1 cm³/mol. The number of hydrogen-bond acceptors (Lipinski definition) is 6. The SMILES string of the molecule is CCOc1ccc(C2=N/C(=C\c3ccc(C)c([N+](=O)[O-])c3)C(=O)O2)cc1. The normalized spacial score (nSPS) is 14.9. The molecule has 0 saturated heterocycles. The van der Waals surface area contributed by atoms with Crippen LogP contribution in [0, 0.1) is 17.0 Å². The molecule has 3 rings (SSSR count). The van der Waals surface area contributed by atoms with Crippen LogP contribution in [-0.4, -0.2) is 23.4 Å². The minimum Gasteiger partial charge on any atom is -0.494 e. The van der Waals surface area contributed by atoms with E-state index in [1.165, 1.54) is 12.1 Å². The fourth-order valence-electron chi connectivity index (χ4n) is 2.46. The van der Waals surface area contributed by atoms with Crippen molar-refractivity contribution in [3.63, 3.8) is 0 Å². The van der Waals surface area contributed by atoms with E-state index in [9.17, 15) is 14.9 Å². The fraction of sp³-hybridized carbons (Fsp3) is 0.158. The minimum atomic E-state index is -0.600. The summed E-state index contributed by atoms with van der Waals surface area (Å²) >= 11 is 0. The number of rotatable bonds is 5. The van der Waals surface area contributed by atoms with Crippen LogP contribution < -0.4 is 4.74 Å². The molecule has 0 amide bonds. The molecule has 0 unspecified atom stereocenters. The number of aliphatic imine (C=N–C) groups is 1. The van der Waals surface area contributed by atoms with Crippen molar-refractivity contribution < 1.29 is 19.2 Å². The number of ether oxygens (including phenoxy) is 2. The van der Waals surface area contributed by atoms with Gasteiger partial charge in [0.15, 0.2) is 5.70 Å². The van der Waals surface area contributed by atoms with Gasteiger partial charge in [-0.15, -0.1) is 0 Å². The summed E-state index contributed by atoms with van der Waals surface area (Å²) in [6, 6.07) is 11.7. The molecule has 0 saturated carbocycles. The average molecular weight is 352 g/mol. The Bertz CT molecular complexity index is 929. The Balaban J connectivity index is 1.89. The number of hydrogen-bond donors (Lipinski definition) is 0. The molecule has 132 valence electrons. The molecule has 0 bridgehead atoms. The van der Waals surface area contributed by atoms with Gasteiger partial charge in [0.25, 0.3) is 5.69 Å². The maximum atomic E-state index is 12.1. The second kappa shape index (κ2) is 7.18. The molecule has 1 aliphatic rings. The summed E-state index contributed by atoms with van der Waals surface area (Å²) in [5.74, 6) is 0.298. The third-order valence-corrected chi connectivity index (χ3v) is 3.77. The minimum absolute atomic E-state index is 0.0126. The maximum Gasteiger partial charge on any atom is 0.363 e. The summed E-state index contributed by atoms with van der Waals surface area (Å²) in [6.45, 7) is 4.11. The van der Waals surface area contributed by atoms with Gasteiger partial charge in [-0.1, -0.05) is 12.1 Å². The highest BCUT2D eigenvalue weighted by atomic mass is 16.6. The van der Waals surface area contributed by atoms with E-state index in [0.29, 0.717) is 29.0 Å². The van der Waals surface area contributed by atoms with Gasteiger partial charge in [0.1, 0.15) is 5.75 Å². The quantitative estimate of drug-likeness (QED) is 0.354. The van der Waals surface area contributed by atoms with E-state index in [-0.39, 0.29) is 17.3 Å². The van der Waals surface area contributed by atoms with Gasteiger partial charge in [-0.3, -0.25) is 10.1 Å². The van der Waals surface area contributed by atoms with Gasteiger partial charge in [-0.25, -0.2) is 9.79 Å². The zero-order valence-electron chi connectivity index (χ0n) is 14.3. The van der Waals surface area contributed by atoms with E-state index in [0.717, 1.165) is 0 Å². The first-order valence-electron chi connectivity index (χ1n) is 7.98. The number of aryl methyl sites for hydroxylation is 1. The van der Waals surface area contributed by atoms with E-state index in [4.69, 9.17) is 9.47 Å². The van der Waals surface area contributed by atoms with Crippen LogP contribution in [0.2, 0.25) is 0 Å². The van der Waals surface area contributed by atoms with Crippen LogP contribution >= 0.6 is 0 Å². The summed E-state index contributed by atoms with van der Waals surface area (Å²) in [6.07, 6.45) is 1.47. The largest absolute Gasteiger partial charge is 0.494 e. The zero-order valence-corrected chi connectivity index (χ0v) is 14.3. The molecular formula is C19H16N2O5. The maximum absolute atomic E-state index is 12.1. The molecule has 0 fully saturated rings. The number of carbonyl (C=O) groups is 1. The highest BCUT2D eigenvalue weighted by molar-refractivity contribution is 6.12. The van der Waals surface area contributed by atoms with Gasteiger partial charge >= 0.3 is 5.97 Å². The Morgan fingerprint density at radius 1 is 1.23 bits per heavy atom. The van der Waals surface area contributed by atoms with E-state index in [1.54, 1.807) is 43.3 Å². The van der Waals surface area contributed by atoms with Crippen LogP contribution in [0.15, 0.2) is 53.2 Å². The van der Waals surface area contributed by atoms with Crippen molar-refractivity contribution in [2.24, 2.45) is 4.99 Å². The van der Waals surface area contributed by atoms with Crippen molar-refractivity contribution in [1.29, 1.82) is 0 Å². The summed E-state index contributed by atoms with van der Waals surface area (Å²) in [5.41, 5.74) is 1.77. The summed E-state index contributed by atoms with van der Waals surface area (Å²) < 4.78 is 10.6. The van der Waals surface area contributed by atoms with Crippen molar-refractivity contribution >= 4 is 23.6 Å². The first kappa shape index (κ1) is 17.3. The molecule has 0 aromatic heterocycles. The fourth-order valence-corrected chi connectivity index (χ4v) is 2.46. The van der Waals surface area contributed by atoms with Gasteiger partial charge in [-0.05, 0) is 49.8 Å². The first-order valence-corrected chi connectivity index (χ1v) is 7.98. The third kappa shape index (κ3) is 3.61. The van der Waals surface area contributed by atoms with Crippen molar-refractivity contribution in [3.8, 4) is 5.75 Å². The second-order valence-corrected chi connectivity index (χ2v) is 5.60. The summed E-state index contributed by atoms with van der Waals surface area (Å²) in [5, 5.41) is 11.0. The standard InChI is InChI=1S/C19H16N2O5/c1-3-25-15-8-6-14(7-9-15)18-20-16(19(22)26-18)10-13-5-4-12(2)17(11-13)21(23)24/h4-11H,3H2,1-2H3/b16-10-. The Morgan fingerprint density at radius 3 is 2.62 bits per heavy atom. The number of esters is 1. The number of nitro benzene ring substituents is 1.